The van der Waals surface area contributed by atoms with Crippen LogP contribution in [0, 0.1) is 23.0 Å². The molecule has 36 heavy (non-hydrogen) atoms. The molecule has 5 rings (SSSR count). The fourth-order valence-electron chi connectivity index (χ4n) is 4.34. The Labute approximate surface area is 206 Å². The van der Waals surface area contributed by atoms with Crippen LogP contribution >= 0.6 is 0 Å². The monoisotopic (exact) mass is 487 g/mol. The number of aromatic nitrogens is 3. The maximum absolute atomic E-state index is 14.8. The molecule has 0 radical (unpaired) electrons. The molecule has 2 heterocycles. The number of fused-ring (bicyclic) bond motifs is 1. The van der Waals surface area contributed by atoms with Crippen LogP contribution in [0.5, 0.6) is 0 Å². The number of hydrazine groups is 1. The van der Waals surface area contributed by atoms with Crippen LogP contribution in [0.25, 0.3) is 0 Å². The maximum Gasteiger partial charge on any atom is 0.137 e. The van der Waals surface area contributed by atoms with Crippen molar-refractivity contribution in [1.82, 2.24) is 20.2 Å². The fraction of sp³-hybridized carbons (Fsp3) is 0.192. The molecule has 0 bridgehead atoms. The van der Waals surface area contributed by atoms with E-state index in [1.165, 1.54) is 23.4 Å². The molecule has 1 unspecified atom stereocenters. The minimum atomic E-state index is -1.73. The van der Waals surface area contributed by atoms with E-state index in [-0.39, 0.29) is 18.7 Å². The van der Waals surface area contributed by atoms with Crippen LogP contribution in [0.3, 0.4) is 0 Å². The van der Waals surface area contributed by atoms with E-state index in [0.717, 1.165) is 34.6 Å². The van der Waals surface area contributed by atoms with E-state index in [2.05, 4.69) is 26.9 Å². The second kappa shape index (κ2) is 9.73. The number of nitrogens with one attached hydrogen (secondary N) is 2. The Balaban J connectivity index is 1.35. The largest absolute Gasteiger partial charge is 0.381 e. The lowest BCUT2D eigenvalue weighted by atomic mass is 9.92. The molecule has 1 aliphatic rings. The minimum Gasteiger partial charge on any atom is -0.381 e. The fourth-order valence-corrected chi connectivity index (χ4v) is 4.34. The third-order valence-electron chi connectivity index (χ3n) is 6.15. The summed E-state index contributed by atoms with van der Waals surface area (Å²) < 4.78 is 29.7. The highest BCUT2D eigenvalue weighted by atomic mass is 19.1. The van der Waals surface area contributed by atoms with Gasteiger partial charge in [0.1, 0.15) is 29.9 Å². The first kappa shape index (κ1) is 23.4. The zero-order valence-corrected chi connectivity index (χ0v) is 19.2. The Kier molecular flexibility index (Phi) is 6.33. The number of benzene rings is 3. The summed E-state index contributed by atoms with van der Waals surface area (Å²) in [5.74, 6) is -1.55. The number of β-amino-alcohol motifs (C(OH)–C–C–N with tert-alkyl or cyclic N) is 1. The highest BCUT2D eigenvalue weighted by Gasteiger charge is 2.37. The highest BCUT2D eigenvalue weighted by molar-refractivity contribution is 5.63. The van der Waals surface area contributed by atoms with Gasteiger partial charge in [0.15, 0.2) is 0 Å². The van der Waals surface area contributed by atoms with E-state index >= 15 is 0 Å². The van der Waals surface area contributed by atoms with Gasteiger partial charge < -0.3 is 15.4 Å². The summed E-state index contributed by atoms with van der Waals surface area (Å²) in [6, 6.07) is 18.5. The van der Waals surface area contributed by atoms with Gasteiger partial charge in [0.25, 0.3) is 0 Å². The molecule has 0 fully saturated rings. The van der Waals surface area contributed by atoms with Crippen LogP contribution in [-0.2, 0) is 25.2 Å². The number of nitriles is 1. The highest BCUT2D eigenvalue weighted by Crippen LogP contribution is 2.33. The summed E-state index contributed by atoms with van der Waals surface area (Å²) in [4.78, 5) is 3.90. The Bertz CT molecular complexity index is 1400. The lowest BCUT2D eigenvalue weighted by molar-refractivity contribution is 0.0169. The summed E-state index contributed by atoms with van der Waals surface area (Å²) in [7, 11) is 0. The molecule has 0 saturated carbocycles. The summed E-state index contributed by atoms with van der Waals surface area (Å²) in [6.07, 6.45) is 2.76. The Morgan fingerprint density at radius 1 is 1.08 bits per heavy atom. The minimum absolute atomic E-state index is 0.0135. The lowest BCUT2D eigenvalue weighted by Gasteiger charge is -2.34. The number of halogens is 2. The molecule has 1 aliphatic heterocycles. The number of nitrogens with zero attached hydrogens (tertiary/aromatic N) is 5. The molecule has 0 amide bonds. The quantitative estimate of drug-likeness (QED) is 0.350. The van der Waals surface area contributed by atoms with Gasteiger partial charge in [0, 0.05) is 30.4 Å². The molecule has 0 spiro atoms. The van der Waals surface area contributed by atoms with Crippen molar-refractivity contribution >= 4 is 11.4 Å². The molecule has 0 aliphatic carbocycles. The van der Waals surface area contributed by atoms with Crippen LogP contribution < -0.4 is 15.8 Å². The second-order valence-corrected chi connectivity index (χ2v) is 8.68. The van der Waals surface area contributed by atoms with Crippen LogP contribution in [0.4, 0.5) is 20.2 Å². The Morgan fingerprint density at radius 3 is 2.64 bits per heavy atom. The van der Waals surface area contributed by atoms with Gasteiger partial charge in [0.2, 0.25) is 0 Å². The zero-order chi connectivity index (χ0) is 25.1. The van der Waals surface area contributed by atoms with Gasteiger partial charge >= 0.3 is 0 Å². The first-order chi connectivity index (χ1) is 17.4. The summed E-state index contributed by atoms with van der Waals surface area (Å²) in [6.45, 7) is 1.03. The van der Waals surface area contributed by atoms with Crippen molar-refractivity contribution in [3.63, 3.8) is 0 Å². The van der Waals surface area contributed by atoms with Crippen molar-refractivity contribution in [2.45, 2.75) is 25.2 Å². The van der Waals surface area contributed by atoms with Crippen molar-refractivity contribution in [2.24, 2.45) is 0 Å². The number of aliphatic hydroxyl groups is 1. The van der Waals surface area contributed by atoms with E-state index in [1.807, 2.05) is 30.3 Å². The lowest BCUT2D eigenvalue weighted by Crippen LogP contribution is -2.48. The van der Waals surface area contributed by atoms with E-state index in [4.69, 9.17) is 5.26 Å². The summed E-state index contributed by atoms with van der Waals surface area (Å²) >= 11 is 0. The smallest absolute Gasteiger partial charge is 0.137 e. The first-order valence-corrected chi connectivity index (χ1v) is 11.3. The summed E-state index contributed by atoms with van der Waals surface area (Å²) in [5.41, 5.74) is 5.92. The average Bonchev–Trinajstić information content (AvgIpc) is 3.52. The van der Waals surface area contributed by atoms with Crippen LogP contribution in [0.2, 0.25) is 0 Å². The molecule has 1 aromatic heterocycles. The van der Waals surface area contributed by atoms with Crippen molar-refractivity contribution in [3.8, 4) is 6.07 Å². The van der Waals surface area contributed by atoms with Crippen molar-refractivity contribution in [1.29, 1.82) is 5.26 Å². The van der Waals surface area contributed by atoms with Crippen molar-refractivity contribution in [2.75, 3.05) is 16.9 Å². The molecule has 3 N–H and O–H groups in total. The molecular formula is C26H23F2N7O. The predicted octanol–water partition coefficient (Wildman–Crippen LogP) is 3.45. The first-order valence-electron chi connectivity index (χ1n) is 11.3. The number of rotatable bonds is 8. The third kappa shape index (κ3) is 4.88. The molecule has 4 aromatic rings. The van der Waals surface area contributed by atoms with Crippen LogP contribution in [-0.4, -0.2) is 26.4 Å². The van der Waals surface area contributed by atoms with Gasteiger partial charge in [-0.05, 0) is 47.5 Å². The average molecular weight is 488 g/mol. The molecule has 182 valence electrons. The number of hydrogen-bond acceptors (Lipinski definition) is 7. The van der Waals surface area contributed by atoms with Crippen LogP contribution in [0.1, 0.15) is 22.3 Å². The van der Waals surface area contributed by atoms with Gasteiger partial charge in [0.05, 0.1) is 30.4 Å². The Hall–Kier alpha value is -4.33. The molecule has 3 aromatic carbocycles. The van der Waals surface area contributed by atoms with Gasteiger partial charge in [-0.3, -0.25) is 0 Å². The second-order valence-electron chi connectivity index (χ2n) is 8.68. The van der Waals surface area contributed by atoms with Crippen molar-refractivity contribution in [3.05, 3.63) is 107 Å². The van der Waals surface area contributed by atoms with Crippen molar-refractivity contribution < 1.29 is 13.9 Å². The van der Waals surface area contributed by atoms with Crippen LogP contribution in [0.15, 0.2) is 73.3 Å². The molecule has 0 saturated heterocycles. The normalized spacial score (nSPS) is 14.2. The molecule has 1 atom stereocenters. The summed E-state index contributed by atoms with van der Waals surface area (Å²) in [5, 5.41) is 29.8. The standard InChI is InChI=1S/C26H23F2N7O/c27-21-5-7-23(24(28)10-21)26(36,14-34-17-30-16-33-34)15-35-25-8-6-22(9-20(25)13-32-35)31-12-19-3-1-18(11-29)2-4-19/h1-10,16-17,31-32,36H,12-15H2. The van der Waals surface area contributed by atoms with Gasteiger partial charge in [-0.2, -0.15) is 10.4 Å². The van der Waals surface area contributed by atoms with E-state index in [0.29, 0.717) is 18.7 Å². The number of hydrogen-bond donors (Lipinski definition) is 3. The molecular weight excluding hydrogens is 464 g/mol. The Morgan fingerprint density at radius 2 is 1.92 bits per heavy atom. The zero-order valence-electron chi connectivity index (χ0n) is 19.2. The van der Waals surface area contributed by atoms with E-state index in [9.17, 15) is 13.9 Å². The maximum atomic E-state index is 14.8. The van der Waals surface area contributed by atoms with Gasteiger partial charge in [-0.15, -0.1) is 0 Å². The van der Waals surface area contributed by atoms with Gasteiger partial charge in [-0.1, -0.05) is 18.2 Å². The molecule has 10 heteroatoms. The third-order valence-corrected chi connectivity index (χ3v) is 6.15. The topological polar surface area (TPSA) is 102 Å². The molecule has 8 nitrogen and oxygen atoms in total. The predicted molar refractivity (Wildman–Crippen MR) is 129 cm³/mol. The van der Waals surface area contributed by atoms with E-state index < -0.39 is 17.2 Å². The SMILES string of the molecule is N#Cc1ccc(CNc2ccc3c(c2)CNN3CC(O)(Cn2cncn2)c2ccc(F)cc2F)cc1. The number of anilines is 2. The van der Waals surface area contributed by atoms with E-state index in [1.54, 1.807) is 17.1 Å². The van der Waals surface area contributed by atoms with Gasteiger partial charge in [-0.25, -0.2) is 23.9 Å².